The highest BCUT2D eigenvalue weighted by atomic mass is 35.5. The first-order valence-corrected chi connectivity index (χ1v) is 9.66. The van der Waals surface area contributed by atoms with Gasteiger partial charge in [-0.1, -0.05) is 30.3 Å². The molecule has 5 nitrogen and oxygen atoms in total. The van der Waals surface area contributed by atoms with Crippen molar-refractivity contribution in [1.29, 1.82) is 0 Å². The van der Waals surface area contributed by atoms with Crippen LogP contribution in [-0.2, 0) is 22.4 Å². The summed E-state index contributed by atoms with van der Waals surface area (Å²) < 4.78 is 13.3. The third-order valence-corrected chi connectivity index (χ3v) is 5.11. The molecule has 3 rings (SSSR count). The van der Waals surface area contributed by atoms with Crippen LogP contribution >= 0.6 is 12.4 Å². The van der Waals surface area contributed by atoms with Crippen molar-refractivity contribution in [2.24, 2.45) is 0 Å². The van der Waals surface area contributed by atoms with Crippen LogP contribution in [0.3, 0.4) is 0 Å². The molecule has 0 bridgehead atoms. The van der Waals surface area contributed by atoms with E-state index in [0.29, 0.717) is 50.3 Å². The lowest BCUT2D eigenvalue weighted by atomic mass is 10.1. The molecule has 1 saturated heterocycles. The lowest BCUT2D eigenvalue weighted by Gasteiger charge is -2.22. The molecule has 2 aromatic carbocycles. The topological polar surface area (TPSA) is 66.6 Å². The van der Waals surface area contributed by atoms with E-state index in [0.717, 1.165) is 12.0 Å². The Hall–Kier alpha value is -2.60. The number of anilines is 1. The van der Waals surface area contributed by atoms with Gasteiger partial charge in [0.15, 0.2) is 0 Å². The normalized spacial score (nSPS) is 14.1. The van der Waals surface area contributed by atoms with Crippen LogP contribution in [0.25, 0.3) is 0 Å². The molecule has 0 aromatic heterocycles. The maximum atomic E-state index is 13.3. The summed E-state index contributed by atoms with van der Waals surface area (Å²) in [6.07, 6.45) is 1.95. The number of amides is 2. The molecule has 0 saturated carbocycles. The van der Waals surface area contributed by atoms with Crippen molar-refractivity contribution in [3.05, 3.63) is 65.5 Å². The minimum atomic E-state index is -0.336. The summed E-state index contributed by atoms with van der Waals surface area (Å²) in [7, 11) is 0. The largest absolute Gasteiger partial charge is 0.399 e. The van der Waals surface area contributed by atoms with E-state index in [1.54, 1.807) is 17.0 Å². The van der Waals surface area contributed by atoms with Crippen molar-refractivity contribution < 1.29 is 14.0 Å². The van der Waals surface area contributed by atoms with E-state index >= 15 is 0 Å². The molecule has 1 fully saturated rings. The van der Waals surface area contributed by atoms with Gasteiger partial charge in [-0.15, -0.1) is 12.4 Å². The summed E-state index contributed by atoms with van der Waals surface area (Å²) >= 11 is 0. The molecule has 0 spiro atoms. The molecule has 2 aromatic rings. The van der Waals surface area contributed by atoms with Crippen molar-refractivity contribution in [2.45, 2.75) is 25.7 Å². The highest BCUT2D eigenvalue weighted by Gasteiger charge is 2.22. The Labute approximate surface area is 177 Å². The van der Waals surface area contributed by atoms with Crippen LogP contribution in [0.4, 0.5) is 10.1 Å². The van der Waals surface area contributed by atoms with Crippen LogP contribution in [-0.4, -0.2) is 47.8 Å². The number of hydrogen-bond donors (Lipinski definition) is 1. The molecule has 29 heavy (non-hydrogen) atoms. The number of aryl methyl sites for hydroxylation is 1. The van der Waals surface area contributed by atoms with Crippen molar-refractivity contribution in [2.75, 3.05) is 31.9 Å². The molecule has 0 atom stereocenters. The lowest BCUT2D eigenvalue weighted by molar-refractivity contribution is -0.133. The summed E-state index contributed by atoms with van der Waals surface area (Å²) in [6, 6.07) is 13.7. The number of hydrogen-bond acceptors (Lipinski definition) is 3. The van der Waals surface area contributed by atoms with Crippen molar-refractivity contribution >= 4 is 29.9 Å². The molecule has 156 valence electrons. The Kier molecular flexibility index (Phi) is 8.46. The zero-order chi connectivity index (χ0) is 19.9. The maximum absolute atomic E-state index is 13.3. The SMILES string of the molecule is Cl.Nc1ccccc1CCC(=O)N1CCCN(C(=O)Cc2cccc(F)c2)CC1. The maximum Gasteiger partial charge on any atom is 0.227 e. The van der Waals surface area contributed by atoms with Crippen LogP contribution in [0, 0.1) is 5.82 Å². The van der Waals surface area contributed by atoms with Crippen molar-refractivity contribution in [3.63, 3.8) is 0 Å². The second-order valence-corrected chi connectivity index (χ2v) is 7.12. The fourth-order valence-corrected chi connectivity index (χ4v) is 3.51. The molecule has 0 aliphatic carbocycles. The predicted molar refractivity (Wildman–Crippen MR) is 114 cm³/mol. The van der Waals surface area contributed by atoms with Crippen LogP contribution in [0.1, 0.15) is 24.0 Å². The van der Waals surface area contributed by atoms with E-state index in [1.165, 1.54) is 12.1 Å². The summed E-state index contributed by atoms with van der Waals surface area (Å²) in [4.78, 5) is 28.7. The molecule has 1 heterocycles. The van der Waals surface area contributed by atoms with Gasteiger partial charge in [0.05, 0.1) is 6.42 Å². The molecule has 2 N–H and O–H groups in total. The van der Waals surface area contributed by atoms with Crippen LogP contribution < -0.4 is 5.73 Å². The van der Waals surface area contributed by atoms with Gasteiger partial charge in [-0.05, 0) is 42.2 Å². The number of nitrogens with two attached hydrogens (primary N) is 1. The van der Waals surface area contributed by atoms with Gasteiger partial charge in [0.25, 0.3) is 0 Å². The van der Waals surface area contributed by atoms with E-state index in [4.69, 9.17) is 5.73 Å². The number of carbonyl (C=O) groups is 2. The molecule has 0 radical (unpaired) electrons. The number of carbonyl (C=O) groups excluding carboxylic acids is 2. The third kappa shape index (κ3) is 6.46. The van der Waals surface area contributed by atoms with Gasteiger partial charge < -0.3 is 15.5 Å². The van der Waals surface area contributed by atoms with Crippen LogP contribution in [0.2, 0.25) is 0 Å². The van der Waals surface area contributed by atoms with Gasteiger partial charge in [0.1, 0.15) is 5.82 Å². The number of para-hydroxylation sites is 1. The summed E-state index contributed by atoms with van der Waals surface area (Å²) in [5, 5.41) is 0. The number of benzene rings is 2. The van der Waals surface area contributed by atoms with Crippen molar-refractivity contribution in [3.8, 4) is 0 Å². The van der Waals surface area contributed by atoms with Crippen LogP contribution in [0.15, 0.2) is 48.5 Å². The molecule has 2 amide bonds. The second-order valence-electron chi connectivity index (χ2n) is 7.12. The van der Waals surface area contributed by atoms with E-state index < -0.39 is 0 Å². The van der Waals surface area contributed by atoms with Crippen molar-refractivity contribution in [1.82, 2.24) is 9.80 Å². The predicted octanol–water partition coefficient (Wildman–Crippen LogP) is 3.07. The Morgan fingerprint density at radius 2 is 1.62 bits per heavy atom. The summed E-state index contributed by atoms with van der Waals surface area (Å²) in [6.45, 7) is 2.29. The highest BCUT2D eigenvalue weighted by molar-refractivity contribution is 5.85. The number of rotatable bonds is 5. The number of nitrogens with zero attached hydrogens (tertiary/aromatic N) is 2. The smallest absolute Gasteiger partial charge is 0.227 e. The minimum Gasteiger partial charge on any atom is -0.399 e. The second kappa shape index (κ2) is 10.8. The zero-order valence-electron chi connectivity index (χ0n) is 16.4. The fraction of sp³-hybridized carbons (Fsp3) is 0.364. The lowest BCUT2D eigenvalue weighted by Crippen LogP contribution is -2.38. The van der Waals surface area contributed by atoms with Gasteiger partial charge in [-0.2, -0.15) is 0 Å². The fourth-order valence-electron chi connectivity index (χ4n) is 3.51. The van der Waals surface area contributed by atoms with Gasteiger partial charge in [0.2, 0.25) is 11.8 Å². The average molecular weight is 420 g/mol. The first-order valence-electron chi connectivity index (χ1n) is 9.66. The highest BCUT2D eigenvalue weighted by Crippen LogP contribution is 2.15. The van der Waals surface area contributed by atoms with E-state index in [2.05, 4.69) is 0 Å². The van der Waals surface area contributed by atoms with E-state index in [9.17, 15) is 14.0 Å². The van der Waals surface area contributed by atoms with Gasteiger partial charge in [0, 0.05) is 38.3 Å². The Morgan fingerprint density at radius 3 is 2.31 bits per heavy atom. The third-order valence-electron chi connectivity index (χ3n) is 5.11. The minimum absolute atomic E-state index is 0. The number of halogens is 2. The zero-order valence-corrected chi connectivity index (χ0v) is 17.2. The first-order chi connectivity index (χ1) is 13.5. The standard InChI is InChI=1S/C22H26FN3O2.ClH/c23-19-7-3-5-17(15-19)16-22(28)26-12-4-11-25(13-14-26)21(27)10-9-18-6-1-2-8-20(18)24;/h1-3,5-8,15H,4,9-14,16,24H2;1H. The van der Waals surface area contributed by atoms with Gasteiger partial charge in [-0.25, -0.2) is 4.39 Å². The Morgan fingerprint density at radius 1 is 0.931 bits per heavy atom. The Bertz CT molecular complexity index is 846. The van der Waals surface area contributed by atoms with Gasteiger partial charge >= 0.3 is 0 Å². The molecule has 7 heteroatoms. The van der Waals surface area contributed by atoms with Crippen LogP contribution in [0.5, 0.6) is 0 Å². The molecule has 0 unspecified atom stereocenters. The first kappa shape index (κ1) is 22.7. The number of nitrogen functional groups attached to an aromatic ring is 1. The monoisotopic (exact) mass is 419 g/mol. The molecular weight excluding hydrogens is 393 g/mol. The molecule has 1 aliphatic rings. The van der Waals surface area contributed by atoms with Gasteiger partial charge in [-0.3, -0.25) is 9.59 Å². The molecule has 1 aliphatic heterocycles. The quantitative estimate of drug-likeness (QED) is 0.757. The van der Waals surface area contributed by atoms with E-state index in [1.807, 2.05) is 29.2 Å². The summed E-state index contributed by atoms with van der Waals surface area (Å²) in [5.74, 6) is -0.281. The Balaban J connectivity index is 0.00000300. The summed E-state index contributed by atoms with van der Waals surface area (Å²) in [5.41, 5.74) is 8.30. The molecular formula is C22H27ClFN3O2. The average Bonchev–Trinajstić information content (AvgIpc) is 2.93. The van der Waals surface area contributed by atoms with E-state index in [-0.39, 0.29) is 36.5 Å².